The first-order valence-electron chi connectivity index (χ1n) is 9.84. The third-order valence-corrected chi connectivity index (χ3v) is 4.54. The Morgan fingerprint density at radius 2 is 0.909 bits per heavy atom. The van der Waals surface area contributed by atoms with Crippen molar-refractivity contribution in [2.24, 2.45) is 5.92 Å². The fraction of sp³-hybridized carbons (Fsp3) is 1.00. The lowest BCUT2D eigenvalue weighted by atomic mass is 10.0. The van der Waals surface area contributed by atoms with Gasteiger partial charge in [0, 0.05) is 0 Å². The number of aliphatic hydroxyl groups excluding tert-OH is 1. The molecule has 2 heteroatoms. The molecular weight excluding hydrogens is 272 g/mol. The Bertz CT molecular complexity index is 192. The van der Waals surface area contributed by atoms with Gasteiger partial charge in [0.2, 0.25) is 0 Å². The molecule has 0 saturated carbocycles. The highest BCUT2D eigenvalue weighted by molar-refractivity contribution is 4.54. The molecule has 2 nitrogen and oxygen atoms in total. The van der Waals surface area contributed by atoms with Crippen LogP contribution in [0.5, 0.6) is 0 Å². The molecule has 0 amide bonds. The minimum absolute atomic E-state index is 0. The zero-order valence-corrected chi connectivity index (χ0v) is 15.7. The van der Waals surface area contributed by atoms with Crippen LogP contribution >= 0.6 is 0 Å². The molecule has 0 aliphatic rings. The molecule has 0 heterocycles. The fourth-order valence-electron chi connectivity index (χ4n) is 2.90. The van der Waals surface area contributed by atoms with Crippen LogP contribution in [0, 0.1) is 5.92 Å². The standard InChI is InChI=1S/C20H42O.H2O/c1-4-20(21)18-16-14-12-10-8-6-5-7-9-11-13-15-17-19(2)3;/h19-21H,4-18H2,1-3H3;1H2. The summed E-state index contributed by atoms with van der Waals surface area (Å²) in [5.74, 6) is 0.884. The molecular formula is C20H44O2. The van der Waals surface area contributed by atoms with E-state index < -0.39 is 0 Å². The van der Waals surface area contributed by atoms with Crippen molar-refractivity contribution in [3.05, 3.63) is 0 Å². The van der Waals surface area contributed by atoms with Gasteiger partial charge < -0.3 is 10.6 Å². The Morgan fingerprint density at radius 1 is 0.591 bits per heavy atom. The monoisotopic (exact) mass is 316 g/mol. The second-order valence-corrected chi connectivity index (χ2v) is 7.28. The zero-order chi connectivity index (χ0) is 15.8. The summed E-state index contributed by atoms with van der Waals surface area (Å²) in [6.45, 7) is 6.72. The van der Waals surface area contributed by atoms with Gasteiger partial charge in [0.05, 0.1) is 6.10 Å². The summed E-state index contributed by atoms with van der Waals surface area (Å²) < 4.78 is 0. The first-order chi connectivity index (χ1) is 10.2. The summed E-state index contributed by atoms with van der Waals surface area (Å²) in [6.07, 6.45) is 20.1. The molecule has 0 radical (unpaired) electrons. The second kappa shape index (κ2) is 19.0. The van der Waals surface area contributed by atoms with Crippen LogP contribution in [0.2, 0.25) is 0 Å². The molecule has 1 atom stereocenters. The van der Waals surface area contributed by atoms with Crippen LogP contribution in [0.1, 0.15) is 117 Å². The van der Waals surface area contributed by atoms with E-state index in [0.717, 1.165) is 18.8 Å². The van der Waals surface area contributed by atoms with Gasteiger partial charge in [-0.1, -0.05) is 104 Å². The van der Waals surface area contributed by atoms with Crippen molar-refractivity contribution in [1.29, 1.82) is 0 Å². The highest BCUT2D eigenvalue weighted by atomic mass is 16.3. The quantitative estimate of drug-likeness (QED) is 0.346. The van der Waals surface area contributed by atoms with Crippen LogP contribution in [0.15, 0.2) is 0 Å². The van der Waals surface area contributed by atoms with Gasteiger partial charge in [-0.25, -0.2) is 0 Å². The summed E-state index contributed by atoms with van der Waals surface area (Å²) in [4.78, 5) is 0. The van der Waals surface area contributed by atoms with Gasteiger partial charge in [0.15, 0.2) is 0 Å². The van der Waals surface area contributed by atoms with E-state index in [4.69, 9.17) is 0 Å². The number of hydrogen-bond acceptors (Lipinski definition) is 1. The van der Waals surface area contributed by atoms with Crippen molar-refractivity contribution in [2.75, 3.05) is 0 Å². The van der Waals surface area contributed by atoms with Crippen molar-refractivity contribution >= 4 is 0 Å². The molecule has 22 heavy (non-hydrogen) atoms. The molecule has 0 aromatic heterocycles. The Hall–Kier alpha value is -0.0800. The minimum Gasteiger partial charge on any atom is -0.412 e. The molecule has 0 aliphatic heterocycles. The summed E-state index contributed by atoms with van der Waals surface area (Å²) in [5, 5.41) is 9.46. The van der Waals surface area contributed by atoms with Gasteiger partial charge in [0.1, 0.15) is 0 Å². The fourth-order valence-corrected chi connectivity index (χ4v) is 2.90. The second-order valence-electron chi connectivity index (χ2n) is 7.28. The van der Waals surface area contributed by atoms with E-state index in [2.05, 4.69) is 20.8 Å². The van der Waals surface area contributed by atoms with E-state index in [0.29, 0.717) is 0 Å². The van der Waals surface area contributed by atoms with Crippen LogP contribution in [0.3, 0.4) is 0 Å². The normalized spacial score (nSPS) is 12.4. The molecule has 136 valence electrons. The maximum absolute atomic E-state index is 9.46. The van der Waals surface area contributed by atoms with E-state index >= 15 is 0 Å². The maximum atomic E-state index is 9.46. The highest BCUT2D eigenvalue weighted by Crippen LogP contribution is 2.14. The molecule has 0 aromatic carbocycles. The molecule has 1 unspecified atom stereocenters. The van der Waals surface area contributed by atoms with Crippen LogP contribution in [0.25, 0.3) is 0 Å². The topological polar surface area (TPSA) is 51.7 Å². The average molecular weight is 317 g/mol. The lowest BCUT2D eigenvalue weighted by Crippen LogP contribution is -2.03. The number of aliphatic hydroxyl groups is 1. The molecule has 0 fully saturated rings. The van der Waals surface area contributed by atoms with Crippen molar-refractivity contribution < 1.29 is 10.6 Å². The Kier molecular flexibility index (Phi) is 20.8. The lowest BCUT2D eigenvalue weighted by Gasteiger charge is -2.07. The van der Waals surface area contributed by atoms with Gasteiger partial charge in [-0.15, -0.1) is 0 Å². The first-order valence-corrected chi connectivity index (χ1v) is 9.84. The van der Waals surface area contributed by atoms with E-state index in [-0.39, 0.29) is 11.6 Å². The molecule has 0 spiro atoms. The Morgan fingerprint density at radius 3 is 1.23 bits per heavy atom. The SMILES string of the molecule is CCC(O)CCCCCCCCCCCCCCC(C)C.O. The van der Waals surface area contributed by atoms with E-state index in [1.165, 1.54) is 83.5 Å². The average Bonchev–Trinajstić information content (AvgIpc) is 2.46. The summed E-state index contributed by atoms with van der Waals surface area (Å²) >= 11 is 0. The Labute approximate surface area is 140 Å². The molecule has 0 aliphatic carbocycles. The van der Waals surface area contributed by atoms with Crippen LogP contribution in [-0.2, 0) is 0 Å². The van der Waals surface area contributed by atoms with Crippen LogP contribution < -0.4 is 0 Å². The van der Waals surface area contributed by atoms with Gasteiger partial charge in [-0.2, -0.15) is 0 Å². The molecule has 0 rings (SSSR count). The van der Waals surface area contributed by atoms with Crippen LogP contribution in [0.4, 0.5) is 0 Å². The van der Waals surface area contributed by atoms with Crippen molar-refractivity contribution in [3.63, 3.8) is 0 Å². The molecule has 0 aromatic rings. The van der Waals surface area contributed by atoms with Gasteiger partial charge in [0.25, 0.3) is 0 Å². The van der Waals surface area contributed by atoms with Crippen LogP contribution in [-0.4, -0.2) is 16.7 Å². The predicted molar refractivity (Wildman–Crippen MR) is 99.4 cm³/mol. The van der Waals surface area contributed by atoms with E-state index in [1.54, 1.807) is 0 Å². The van der Waals surface area contributed by atoms with Crippen molar-refractivity contribution in [2.45, 2.75) is 123 Å². The Balaban J connectivity index is 0. The largest absolute Gasteiger partial charge is 0.412 e. The molecule has 0 bridgehead atoms. The lowest BCUT2D eigenvalue weighted by molar-refractivity contribution is 0.156. The smallest absolute Gasteiger partial charge is 0.0537 e. The summed E-state index contributed by atoms with van der Waals surface area (Å²) in [7, 11) is 0. The first kappa shape index (κ1) is 24.2. The summed E-state index contributed by atoms with van der Waals surface area (Å²) in [5.41, 5.74) is 0. The molecule has 3 N–H and O–H groups in total. The predicted octanol–water partition coefficient (Wildman–Crippen LogP) is 6.05. The zero-order valence-electron chi connectivity index (χ0n) is 15.7. The van der Waals surface area contributed by atoms with Gasteiger partial charge in [-0.05, 0) is 18.8 Å². The number of unbranched alkanes of at least 4 members (excludes halogenated alkanes) is 11. The third-order valence-electron chi connectivity index (χ3n) is 4.54. The minimum atomic E-state index is -0.0504. The van der Waals surface area contributed by atoms with E-state index in [9.17, 15) is 5.11 Å². The number of rotatable bonds is 16. The van der Waals surface area contributed by atoms with Gasteiger partial charge in [-0.3, -0.25) is 0 Å². The number of hydrogen-bond donors (Lipinski definition) is 1. The maximum Gasteiger partial charge on any atom is 0.0537 e. The van der Waals surface area contributed by atoms with Crippen molar-refractivity contribution in [1.82, 2.24) is 0 Å². The van der Waals surface area contributed by atoms with Crippen molar-refractivity contribution in [3.8, 4) is 0 Å². The molecule has 0 saturated heterocycles. The summed E-state index contributed by atoms with van der Waals surface area (Å²) in [6, 6.07) is 0. The highest BCUT2D eigenvalue weighted by Gasteiger charge is 1.99. The van der Waals surface area contributed by atoms with E-state index in [1.807, 2.05) is 0 Å². The third kappa shape index (κ3) is 19.9. The van der Waals surface area contributed by atoms with Gasteiger partial charge >= 0.3 is 0 Å².